The molecular formula is C14H12F3NO3. The second kappa shape index (κ2) is 5.07. The molecule has 1 aliphatic rings. The fourth-order valence-electron chi connectivity index (χ4n) is 2.23. The van der Waals surface area contributed by atoms with Crippen LogP contribution in [0.1, 0.15) is 30.1 Å². The number of benzene rings is 1. The van der Waals surface area contributed by atoms with Gasteiger partial charge in [-0.25, -0.2) is 0 Å². The summed E-state index contributed by atoms with van der Waals surface area (Å²) in [5.74, 6) is 0.383. The molecule has 1 heterocycles. The Balaban J connectivity index is 2.04. The van der Waals surface area contributed by atoms with Crippen LogP contribution in [0.25, 0.3) is 11.3 Å². The van der Waals surface area contributed by atoms with Gasteiger partial charge < -0.3 is 14.4 Å². The molecule has 1 N–H and O–H groups in total. The second-order valence-corrected chi connectivity index (χ2v) is 4.85. The van der Waals surface area contributed by atoms with Crippen LogP contribution in [0.15, 0.2) is 28.8 Å². The molecule has 1 aromatic carbocycles. The number of hydrogen-bond donors (Lipinski definition) is 1. The molecule has 0 bridgehead atoms. The highest BCUT2D eigenvalue weighted by Gasteiger charge is 2.35. The third-order valence-corrected chi connectivity index (χ3v) is 3.29. The minimum absolute atomic E-state index is 0.148. The lowest BCUT2D eigenvalue weighted by molar-refractivity contribution is -0.274. The van der Waals surface area contributed by atoms with E-state index in [1.807, 2.05) is 0 Å². The molecule has 1 aromatic heterocycles. The zero-order valence-electron chi connectivity index (χ0n) is 10.9. The maximum absolute atomic E-state index is 12.4. The summed E-state index contributed by atoms with van der Waals surface area (Å²) in [7, 11) is 0. The van der Waals surface area contributed by atoms with Crippen molar-refractivity contribution in [1.82, 2.24) is 5.16 Å². The van der Waals surface area contributed by atoms with Gasteiger partial charge in [-0.05, 0) is 25.0 Å². The normalized spacial score (nSPS) is 15.2. The van der Waals surface area contributed by atoms with Gasteiger partial charge >= 0.3 is 6.36 Å². The van der Waals surface area contributed by atoms with E-state index >= 15 is 0 Å². The maximum Gasteiger partial charge on any atom is 0.573 e. The lowest BCUT2D eigenvalue weighted by atomic mass is 10.0. The smallest absolute Gasteiger partial charge is 0.405 e. The van der Waals surface area contributed by atoms with Crippen LogP contribution < -0.4 is 4.74 Å². The first kappa shape index (κ1) is 13.9. The Kier molecular flexibility index (Phi) is 3.36. The van der Waals surface area contributed by atoms with Crippen LogP contribution in [0, 0.1) is 0 Å². The van der Waals surface area contributed by atoms with Crippen LogP contribution in [0.3, 0.4) is 0 Å². The molecule has 2 aromatic rings. The Bertz CT molecular complexity index is 647. The van der Waals surface area contributed by atoms with Gasteiger partial charge in [-0.1, -0.05) is 17.3 Å². The monoisotopic (exact) mass is 299 g/mol. The fourth-order valence-corrected chi connectivity index (χ4v) is 2.23. The van der Waals surface area contributed by atoms with E-state index in [2.05, 4.69) is 9.89 Å². The fraction of sp³-hybridized carbons (Fsp3) is 0.357. The number of para-hydroxylation sites is 1. The molecule has 0 unspecified atom stereocenters. The molecule has 1 fully saturated rings. The molecular weight excluding hydrogens is 287 g/mol. The highest BCUT2D eigenvalue weighted by molar-refractivity contribution is 5.70. The van der Waals surface area contributed by atoms with Gasteiger partial charge in [0.15, 0.2) is 0 Å². The zero-order valence-corrected chi connectivity index (χ0v) is 10.9. The Morgan fingerprint density at radius 3 is 2.62 bits per heavy atom. The van der Waals surface area contributed by atoms with Gasteiger partial charge in [0, 0.05) is 17.0 Å². The van der Waals surface area contributed by atoms with E-state index in [4.69, 9.17) is 4.52 Å². The Hall–Kier alpha value is -2.02. The second-order valence-electron chi connectivity index (χ2n) is 4.85. The van der Waals surface area contributed by atoms with Crippen molar-refractivity contribution >= 4 is 0 Å². The number of nitrogens with zero attached hydrogens (tertiary/aromatic N) is 1. The van der Waals surface area contributed by atoms with Crippen molar-refractivity contribution in [1.29, 1.82) is 0 Å². The number of hydrogen-bond acceptors (Lipinski definition) is 4. The predicted molar refractivity (Wildman–Crippen MR) is 66.5 cm³/mol. The molecule has 7 heteroatoms. The average Bonchev–Trinajstić information content (AvgIpc) is 3.17. The van der Waals surface area contributed by atoms with Crippen LogP contribution in [-0.2, 0) is 6.61 Å². The largest absolute Gasteiger partial charge is 0.573 e. The number of halogens is 3. The van der Waals surface area contributed by atoms with Crippen LogP contribution in [0.5, 0.6) is 5.75 Å². The maximum atomic E-state index is 12.4. The van der Waals surface area contributed by atoms with E-state index in [0.717, 1.165) is 12.8 Å². The summed E-state index contributed by atoms with van der Waals surface area (Å²) in [6.45, 7) is -0.342. The van der Waals surface area contributed by atoms with Crippen molar-refractivity contribution in [3.05, 3.63) is 35.6 Å². The number of aromatic nitrogens is 1. The molecule has 3 rings (SSSR count). The molecule has 1 aliphatic carbocycles. The highest BCUT2D eigenvalue weighted by Crippen LogP contribution is 2.45. The first-order chi connectivity index (χ1) is 9.99. The number of aliphatic hydroxyl groups excluding tert-OH is 1. The van der Waals surface area contributed by atoms with Crippen molar-refractivity contribution in [3.8, 4) is 17.0 Å². The van der Waals surface area contributed by atoms with Crippen molar-refractivity contribution in [2.75, 3.05) is 0 Å². The van der Waals surface area contributed by atoms with Crippen molar-refractivity contribution in [2.24, 2.45) is 0 Å². The van der Waals surface area contributed by atoms with E-state index < -0.39 is 6.36 Å². The van der Waals surface area contributed by atoms with Gasteiger partial charge in [-0.2, -0.15) is 0 Å². The van der Waals surface area contributed by atoms with E-state index in [9.17, 15) is 18.3 Å². The van der Waals surface area contributed by atoms with Crippen LogP contribution in [0.2, 0.25) is 0 Å². The standard InChI is InChI=1S/C14H12F3NO3/c15-14(16,17)20-11-4-2-1-3-9(11)12-10(7-19)13(21-18-12)8-5-6-8/h1-4,8,19H,5-7H2. The SMILES string of the molecule is OCc1c(-c2ccccc2OC(F)(F)F)noc1C1CC1. The molecule has 0 saturated heterocycles. The lowest BCUT2D eigenvalue weighted by Crippen LogP contribution is -2.17. The number of ether oxygens (including phenoxy) is 1. The third kappa shape index (κ3) is 2.87. The first-order valence-corrected chi connectivity index (χ1v) is 6.44. The van der Waals surface area contributed by atoms with Gasteiger partial charge in [0.2, 0.25) is 0 Å². The molecule has 21 heavy (non-hydrogen) atoms. The quantitative estimate of drug-likeness (QED) is 0.937. The van der Waals surface area contributed by atoms with E-state index in [0.29, 0.717) is 11.3 Å². The Morgan fingerprint density at radius 2 is 2.00 bits per heavy atom. The van der Waals surface area contributed by atoms with Crippen LogP contribution in [-0.4, -0.2) is 16.6 Å². The third-order valence-electron chi connectivity index (χ3n) is 3.29. The number of alkyl halides is 3. The van der Waals surface area contributed by atoms with Gasteiger partial charge in [0.05, 0.1) is 6.61 Å². The minimum Gasteiger partial charge on any atom is -0.405 e. The van der Waals surface area contributed by atoms with Crippen molar-refractivity contribution in [2.45, 2.75) is 31.7 Å². The lowest BCUT2D eigenvalue weighted by Gasteiger charge is -2.12. The summed E-state index contributed by atoms with van der Waals surface area (Å²) in [4.78, 5) is 0. The van der Waals surface area contributed by atoms with Gasteiger partial charge in [0.25, 0.3) is 0 Å². The average molecular weight is 299 g/mol. The van der Waals surface area contributed by atoms with E-state index in [1.54, 1.807) is 6.07 Å². The summed E-state index contributed by atoms with van der Waals surface area (Å²) >= 11 is 0. The number of aliphatic hydroxyl groups is 1. The van der Waals surface area contributed by atoms with Gasteiger partial charge in [-0.3, -0.25) is 0 Å². The topological polar surface area (TPSA) is 55.5 Å². The van der Waals surface area contributed by atoms with Gasteiger partial charge in [-0.15, -0.1) is 13.2 Å². The Morgan fingerprint density at radius 1 is 1.29 bits per heavy atom. The number of rotatable bonds is 4. The van der Waals surface area contributed by atoms with Crippen LogP contribution >= 0.6 is 0 Å². The van der Waals surface area contributed by atoms with Crippen molar-refractivity contribution < 1.29 is 27.5 Å². The molecule has 0 aliphatic heterocycles. The first-order valence-electron chi connectivity index (χ1n) is 6.44. The van der Waals surface area contributed by atoms with Crippen LogP contribution in [0.4, 0.5) is 13.2 Å². The predicted octanol–water partition coefficient (Wildman–Crippen LogP) is 3.61. The molecule has 0 amide bonds. The minimum atomic E-state index is -4.79. The zero-order chi connectivity index (χ0) is 15.0. The summed E-state index contributed by atoms with van der Waals surface area (Å²) in [6.07, 6.45) is -2.93. The molecule has 0 atom stereocenters. The summed E-state index contributed by atoms with van der Waals surface area (Å²) in [5, 5.41) is 13.3. The van der Waals surface area contributed by atoms with Crippen molar-refractivity contribution in [3.63, 3.8) is 0 Å². The van der Waals surface area contributed by atoms with Gasteiger partial charge in [0.1, 0.15) is 17.2 Å². The molecule has 4 nitrogen and oxygen atoms in total. The molecule has 0 spiro atoms. The molecule has 1 saturated carbocycles. The summed E-state index contributed by atoms with van der Waals surface area (Å²) in [6, 6.07) is 5.67. The molecule has 112 valence electrons. The Labute approximate surface area is 118 Å². The summed E-state index contributed by atoms with van der Waals surface area (Å²) in [5.41, 5.74) is 0.768. The molecule has 0 radical (unpaired) electrons. The highest BCUT2D eigenvalue weighted by atomic mass is 19.4. The van der Waals surface area contributed by atoms with E-state index in [1.165, 1.54) is 18.2 Å². The summed E-state index contributed by atoms with van der Waals surface area (Å²) < 4.78 is 46.6. The van der Waals surface area contributed by atoms with E-state index in [-0.39, 0.29) is 29.5 Å².